The van der Waals surface area contributed by atoms with E-state index in [-0.39, 0.29) is 29.8 Å². The molecular weight excluding hydrogens is 494 g/mol. The number of carbonyl (C=O) groups is 3. The smallest absolute Gasteiger partial charge is 0.258 e. The second-order valence-electron chi connectivity index (χ2n) is 11.9. The molecule has 4 rings (SSSR count). The first kappa shape index (κ1) is 29.3. The zero-order valence-electron chi connectivity index (χ0n) is 23.8. The minimum Gasteiger partial charge on any atom is -0.489 e. The van der Waals surface area contributed by atoms with Gasteiger partial charge in [-0.25, -0.2) is 0 Å². The number of hydrogen-bond acceptors (Lipinski definition) is 6. The molecule has 0 aromatic heterocycles. The van der Waals surface area contributed by atoms with Gasteiger partial charge in [-0.15, -0.1) is 0 Å². The molecule has 0 radical (unpaired) electrons. The van der Waals surface area contributed by atoms with Crippen LogP contribution >= 0.6 is 0 Å². The van der Waals surface area contributed by atoms with E-state index >= 15 is 0 Å². The van der Waals surface area contributed by atoms with E-state index in [0.29, 0.717) is 19.5 Å². The Balaban J connectivity index is 1.60. The lowest BCUT2D eigenvalue weighted by molar-refractivity contribution is -0.142. The largest absolute Gasteiger partial charge is 0.489 e. The van der Waals surface area contributed by atoms with Crippen LogP contribution in [0.4, 0.5) is 0 Å². The van der Waals surface area contributed by atoms with Crippen molar-refractivity contribution in [1.29, 1.82) is 0 Å². The summed E-state index contributed by atoms with van der Waals surface area (Å²) < 4.78 is 6.51. The van der Waals surface area contributed by atoms with Crippen molar-refractivity contribution in [2.75, 3.05) is 20.1 Å². The second-order valence-corrected chi connectivity index (χ2v) is 11.9. The Morgan fingerprint density at radius 1 is 1.00 bits per heavy atom. The quantitative estimate of drug-likeness (QED) is 0.465. The Bertz CT molecular complexity index is 1010. The molecule has 5 N–H and O–H groups in total. The average Bonchev–Trinajstić information content (AvgIpc) is 2.93. The molecule has 1 aromatic rings. The number of hydrogen-bond donors (Lipinski definition) is 4. The van der Waals surface area contributed by atoms with E-state index in [4.69, 9.17) is 10.5 Å². The van der Waals surface area contributed by atoms with Crippen molar-refractivity contribution in [1.82, 2.24) is 20.9 Å². The normalized spacial score (nSPS) is 28.2. The van der Waals surface area contributed by atoms with Gasteiger partial charge in [0.15, 0.2) is 6.17 Å². The summed E-state index contributed by atoms with van der Waals surface area (Å²) in [6, 6.07) is 5.14. The van der Waals surface area contributed by atoms with Crippen LogP contribution in [0.3, 0.4) is 0 Å². The number of amides is 3. The first-order valence-electron chi connectivity index (χ1n) is 14.9. The number of nitrogens with zero attached hydrogens (tertiary/aromatic N) is 1. The lowest BCUT2D eigenvalue weighted by atomic mass is 9.83. The number of carbonyl (C=O) groups excluding carboxylic acids is 3. The average molecular weight is 542 g/mol. The van der Waals surface area contributed by atoms with E-state index in [2.05, 4.69) is 34.1 Å². The Labute approximate surface area is 233 Å². The molecule has 39 heavy (non-hydrogen) atoms. The number of benzene rings is 1. The molecule has 2 aliphatic heterocycles. The summed E-state index contributed by atoms with van der Waals surface area (Å²) in [6.07, 6.45) is 7.89. The lowest BCUT2D eigenvalue weighted by Crippen LogP contribution is -2.61. The third-order valence-electron chi connectivity index (χ3n) is 8.45. The van der Waals surface area contributed by atoms with Crippen LogP contribution < -0.4 is 26.4 Å². The van der Waals surface area contributed by atoms with Crippen molar-refractivity contribution < 1.29 is 19.1 Å². The van der Waals surface area contributed by atoms with Crippen LogP contribution in [0.15, 0.2) is 18.2 Å². The van der Waals surface area contributed by atoms with Crippen molar-refractivity contribution in [3.63, 3.8) is 0 Å². The van der Waals surface area contributed by atoms with Gasteiger partial charge in [-0.1, -0.05) is 51.3 Å². The minimum absolute atomic E-state index is 0.0461. The van der Waals surface area contributed by atoms with E-state index in [1.165, 1.54) is 16.9 Å². The Hall–Kier alpha value is -2.65. The Morgan fingerprint density at radius 2 is 1.72 bits per heavy atom. The van der Waals surface area contributed by atoms with Crippen molar-refractivity contribution >= 4 is 17.7 Å². The van der Waals surface area contributed by atoms with Gasteiger partial charge >= 0.3 is 0 Å². The molecule has 1 saturated carbocycles. The first-order valence-corrected chi connectivity index (χ1v) is 14.9. The summed E-state index contributed by atoms with van der Waals surface area (Å²) in [4.78, 5) is 41.4. The number of fused-ring (bicyclic) bond motifs is 1. The van der Waals surface area contributed by atoms with Gasteiger partial charge in [0.05, 0.1) is 6.04 Å². The maximum absolute atomic E-state index is 13.8. The molecule has 3 aliphatic rings. The maximum Gasteiger partial charge on any atom is 0.258 e. The fourth-order valence-electron chi connectivity index (χ4n) is 6.16. The van der Waals surface area contributed by atoms with Crippen LogP contribution in [0.1, 0.15) is 76.3 Å². The molecule has 1 aliphatic carbocycles. The molecule has 2 heterocycles. The Kier molecular flexibility index (Phi) is 10.2. The summed E-state index contributed by atoms with van der Waals surface area (Å²) in [5.74, 6) is 0.385. The highest BCUT2D eigenvalue weighted by atomic mass is 16.5. The van der Waals surface area contributed by atoms with Gasteiger partial charge in [0, 0.05) is 20.1 Å². The molecule has 1 aromatic carbocycles. The number of nitrogens with two attached hydrogens (primary N) is 1. The molecule has 4 atom stereocenters. The third-order valence-corrected chi connectivity index (χ3v) is 8.45. The second kappa shape index (κ2) is 13.6. The zero-order valence-corrected chi connectivity index (χ0v) is 23.8. The van der Waals surface area contributed by atoms with Crippen LogP contribution in [-0.4, -0.2) is 67.1 Å². The van der Waals surface area contributed by atoms with Crippen LogP contribution in [-0.2, 0) is 27.2 Å². The van der Waals surface area contributed by atoms with Gasteiger partial charge < -0.3 is 31.3 Å². The number of aryl methyl sites for hydroxylation is 2. The highest BCUT2D eigenvalue weighted by Crippen LogP contribution is 2.33. The van der Waals surface area contributed by atoms with E-state index in [9.17, 15) is 14.4 Å². The summed E-state index contributed by atoms with van der Waals surface area (Å²) in [5.41, 5.74) is 8.68. The minimum atomic E-state index is -1.19. The maximum atomic E-state index is 13.8. The van der Waals surface area contributed by atoms with E-state index < -0.39 is 24.2 Å². The highest BCUT2D eigenvalue weighted by Gasteiger charge is 2.36. The predicted octanol–water partition coefficient (Wildman–Crippen LogP) is 2.26. The van der Waals surface area contributed by atoms with Crippen LogP contribution in [0.5, 0.6) is 5.75 Å². The Morgan fingerprint density at radius 3 is 2.44 bits per heavy atom. The lowest BCUT2D eigenvalue weighted by Gasteiger charge is -2.36. The highest BCUT2D eigenvalue weighted by molar-refractivity contribution is 5.92. The van der Waals surface area contributed by atoms with Crippen molar-refractivity contribution in [3.8, 4) is 5.75 Å². The van der Waals surface area contributed by atoms with Gasteiger partial charge in [-0.2, -0.15) is 0 Å². The van der Waals surface area contributed by atoms with Gasteiger partial charge in [0.1, 0.15) is 17.9 Å². The van der Waals surface area contributed by atoms with Crippen LogP contribution in [0, 0.1) is 11.8 Å². The molecule has 0 saturated heterocycles. The molecule has 3 amide bonds. The topological polar surface area (TPSA) is 126 Å². The van der Waals surface area contributed by atoms with Crippen molar-refractivity contribution in [2.24, 2.45) is 17.6 Å². The van der Waals surface area contributed by atoms with Crippen molar-refractivity contribution in [3.05, 3.63) is 29.3 Å². The molecule has 1 fully saturated rings. The summed E-state index contributed by atoms with van der Waals surface area (Å²) in [5, 5.41) is 9.36. The summed E-state index contributed by atoms with van der Waals surface area (Å²) in [7, 11) is 1.58. The molecular formula is C30H47N5O4. The number of rotatable bonds is 3. The summed E-state index contributed by atoms with van der Waals surface area (Å²) >= 11 is 0. The van der Waals surface area contributed by atoms with Crippen LogP contribution in [0.25, 0.3) is 0 Å². The molecule has 2 bridgehead atoms. The fraction of sp³-hybridized carbons (Fsp3) is 0.700. The molecule has 9 heteroatoms. The SMILES string of the molecule is CC(C)C[C@H]1NC(=O)[C@@H](N)N(C)C(=O)[C@H](C2CCCCC2)NC[C@H]2CCc3cccc(c3O2)CCCNC1=O. The van der Waals surface area contributed by atoms with E-state index in [0.717, 1.165) is 62.7 Å². The molecule has 216 valence electrons. The zero-order chi connectivity index (χ0) is 27.9. The number of likely N-dealkylation sites (N-methyl/N-ethyl adjacent to an activating group) is 1. The standard InChI is InChI=1S/C30H47N5O4/c1-19(2)17-24-28(36)32-16-8-13-21-11-7-12-22-14-15-23(39-26(21)22)18-33-25(20-9-5-4-6-10-20)30(38)35(3)27(31)29(37)34-24/h7,11-12,19-20,23-25,27,33H,4-6,8-10,13-18,31H2,1-3H3,(H,32,36)(H,34,37)/t23-,24-,25+,27+/m1/s1. The number of nitrogens with one attached hydrogen (secondary N) is 3. The number of ether oxygens (including phenoxy) is 1. The van der Waals surface area contributed by atoms with Gasteiger partial charge in [0.2, 0.25) is 11.8 Å². The fourth-order valence-corrected chi connectivity index (χ4v) is 6.16. The molecule has 0 unspecified atom stereocenters. The van der Waals surface area contributed by atoms with E-state index in [1.54, 1.807) is 7.05 Å². The summed E-state index contributed by atoms with van der Waals surface area (Å²) in [6.45, 7) is 5.06. The first-order chi connectivity index (χ1) is 18.7. The van der Waals surface area contributed by atoms with Gasteiger partial charge in [-0.05, 0) is 67.9 Å². The molecule has 0 spiro atoms. The van der Waals surface area contributed by atoms with E-state index in [1.807, 2.05) is 13.8 Å². The molecule has 9 nitrogen and oxygen atoms in total. The van der Waals surface area contributed by atoms with Gasteiger partial charge in [-0.3, -0.25) is 14.4 Å². The van der Waals surface area contributed by atoms with Crippen molar-refractivity contribution in [2.45, 2.75) is 102 Å². The predicted molar refractivity (Wildman–Crippen MR) is 151 cm³/mol. The van der Waals surface area contributed by atoms with Gasteiger partial charge in [0.25, 0.3) is 5.91 Å². The monoisotopic (exact) mass is 541 g/mol. The third kappa shape index (κ3) is 7.51. The van der Waals surface area contributed by atoms with Crippen LogP contribution in [0.2, 0.25) is 0 Å². The number of para-hydroxylation sites is 1.